The molecule has 5 amide bonds. The van der Waals surface area contributed by atoms with Gasteiger partial charge in [-0.25, -0.2) is 4.79 Å². The van der Waals surface area contributed by atoms with Crippen molar-refractivity contribution < 1.29 is 48.9 Å². The molecule has 0 aliphatic rings. The third-order valence-electron chi connectivity index (χ3n) is 3.88. The molecule has 0 aromatic rings. The molecule has 0 aromatic carbocycles. The maximum absolute atomic E-state index is 12.4. The molecule has 0 aliphatic heterocycles. The van der Waals surface area contributed by atoms with Crippen molar-refractivity contribution in [2.45, 2.75) is 49.9 Å². The summed E-state index contributed by atoms with van der Waals surface area (Å²) in [4.78, 5) is 80.5. The molecule has 16 nitrogen and oxygen atoms in total. The smallest absolute Gasteiger partial charge is 0.326 e. The van der Waals surface area contributed by atoms with E-state index in [1.54, 1.807) is 0 Å². The highest BCUT2D eigenvalue weighted by Crippen LogP contribution is 2.02. The molecule has 0 fully saturated rings. The molecule has 0 spiro atoms. The van der Waals surface area contributed by atoms with E-state index in [4.69, 9.17) is 27.4 Å². The van der Waals surface area contributed by atoms with Crippen molar-refractivity contribution in [3.63, 3.8) is 0 Å². The Morgan fingerprint density at radius 2 is 1.22 bits per heavy atom. The predicted molar refractivity (Wildman–Crippen MR) is 103 cm³/mol. The Labute approximate surface area is 180 Å². The standard InChI is InChI=1S/C16H26N6O10/c17-6(3-12(26)27)13(28)22-9(5-23)15(30)20-7(1-2-10(18)24)14(29)21-8(16(31)32)4-11(19)25/h6-9,23H,1-5,17H2,(H2,18,24)(H2,19,25)(H,20,30)(H,21,29)(H,22,28)(H,26,27)(H,31,32). The number of carboxylic acid groups (broad SMARTS) is 2. The fraction of sp³-hybridized carbons (Fsp3) is 0.562. The lowest BCUT2D eigenvalue weighted by Crippen LogP contribution is -2.58. The van der Waals surface area contributed by atoms with Gasteiger partial charge in [-0.15, -0.1) is 0 Å². The van der Waals surface area contributed by atoms with Gasteiger partial charge in [-0.2, -0.15) is 0 Å². The van der Waals surface area contributed by atoms with E-state index >= 15 is 0 Å². The third-order valence-corrected chi connectivity index (χ3v) is 3.88. The molecule has 0 saturated carbocycles. The number of carbonyl (C=O) groups excluding carboxylic acids is 5. The van der Waals surface area contributed by atoms with Crippen LogP contribution in [0.15, 0.2) is 0 Å². The molecule has 0 saturated heterocycles. The monoisotopic (exact) mass is 462 g/mol. The van der Waals surface area contributed by atoms with Gasteiger partial charge in [0.05, 0.1) is 25.5 Å². The number of nitrogens with two attached hydrogens (primary N) is 3. The summed E-state index contributed by atoms with van der Waals surface area (Å²) in [7, 11) is 0. The minimum Gasteiger partial charge on any atom is -0.481 e. The molecule has 180 valence electrons. The molecule has 32 heavy (non-hydrogen) atoms. The van der Waals surface area contributed by atoms with Crippen LogP contribution in [-0.2, 0) is 33.6 Å². The van der Waals surface area contributed by atoms with E-state index in [1.165, 1.54) is 0 Å². The highest BCUT2D eigenvalue weighted by molar-refractivity contribution is 5.95. The Bertz CT molecular complexity index is 758. The molecule has 0 aromatic heterocycles. The summed E-state index contributed by atoms with van der Waals surface area (Å²) in [5.41, 5.74) is 15.3. The first-order chi connectivity index (χ1) is 14.8. The summed E-state index contributed by atoms with van der Waals surface area (Å²) in [6, 6.07) is -6.47. The summed E-state index contributed by atoms with van der Waals surface area (Å²) >= 11 is 0. The zero-order valence-corrected chi connectivity index (χ0v) is 16.8. The molecule has 0 bridgehead atoms. The van der Waals surface area contributed by atoms with Crippen molar-refractivity contribution in [2.24, 2.45) is 17.2 Å². The van der Waals surface area contributed by atoms with Crippen LogP contribution >= 0.6 is 0 Å². The Morgan fingerprint density at radius 1 is 0.719 bits per heavy atom. The van der Waals surface area contributed by atoms with Gasteiger partial charge in [-0.05, 0) is 6.42 Å². The Hall–Kier alpha value is -3.79. The lowest BCUT2D eigenvalue weighted by molar-refractivity contribution is -0.144. The van der Waals surface area contributed by atoms with E-state index in [0.717, 1.165) is 0 Å². The van der Waals surface area contributed by atoms with Crippen LogP contribution in [-0.4, -0.2) is 87.6 Å². The van der Waals surface area contributed by atoms with Gasteiger partial charge in [-0.1, -0.05) is 0 Å². The molecule has 4 unspecified atom stereocenters. The van der Waals surface area contributed by atoms with Gasteiger partial charge in [0.15, 0.2) is 0 Å². The molecule has 16 heteroatoms. The van der Waals surface area contributed by atoms with Crippen LogP contribution in [0.2, 0.25) is 0 Å². The van der Waals surface area contributed by atoms with Gasteiger partial charge in [0.25, 0.3) is 0 Å². The fourth-order valence-electron chi connectivity index (χ4n) is 2.25. The van der Waals surface area contributed by atoms with Crippen LogP contribution in [0.5, 0.6) is 0 Å². The second-order valence-corrected chi connectivity index (χ2v) is 6.58. The number of amides is 5. The SMILES string of the molecule is NC(=O)CCC(NC(=O)C(CO)NC(=O)C(N)CC(=O)O)C(=O)NC(CC(N)=O)C(=O)O. The number of carboxylic acids is 2. The largest absolute Gasteiger partial charge is 0.481 e. The number of hydrogen-bond acceptors (Lipinski definition) is 9. The van der Waals surface area contributed by atoms with Crippen molar-refractivity contribution >= 4 is 41.5 Å². The summed E-state index contributed by atoms with van der Waals surface area (Å²) in [5, 5.41) is 33.2. The number of carbonyl (C=O) groups is 7. The number of rotatable bonds is 15. The van der Waals surface area contributed by atoms with E-state index in [2.05, 4.69) is 5.32 Å². The maximum Gasteiger partial charge on any atom is 0.326 e. The Balaban J connectivity index is 5.37. The third kappa shape index (κ3) is 10.8. The van der Waals surface area contributed by atoms with Crippen molar-refractivity contribution in [1.29, 1.82) is 0 Å². The second-order valence-electron chi connectivity index (χ2n) is 6.58. The van der Waals surface area contributed by atoms with Gasteiger partial charge >= 0.3 is 11.9 Å². The molecule has 0 rings (SSSR count). The molecule has 0 aliphatic carbocycles. The normalized spacial score (nSPS) is 14.2. The fourth-order valence-corrected chi connectivity index (χ4v) is 2.25. The molecule has 0 radical (unpaired) electrons. The van der Waals surface area contributed by atoms with Crippen LogP contribution < -0.4 is 33.2 Å². The first-order valence-corrected chi connectivity index (χ1v) is 9.07. The highest BCUT2D eigenvalue weighted by atomic mass is 16.4. The quantitative estimate of drug-likeness (QED) is 0.110. The van der Waals surface area contributed by atoms with Gasteiger partial charge in [0.2, 0.25) is 29.5 Å². The predicted octanol–water partition coefficient (Wildman–Crippen LogP) is -5.54. The number of aliphatic hydroxyl groups is 1. The molecule has 12 N–H and O–H groups in total. The van der Waals surface area contributed by atoms with Gasteiger partial charge in [0.1, 0.15) is 18.1 Å². The van der Waals surface area contributed by atoms with Crippen LogP contribution in [0.3, 0.4) is 0 Å². The number of primary amides is 2. The van der Waals surface area contributed by atoms with E-state index in [1.807, 2.05) is 10.6 Å². The van der Waals surface area contributed by atoms with Crippen molar-refractivity contribution in [1.82, 2.24) is 16.0 Å². The van der Waals surface area contributed by atoms with Crippen molar-refractivity contribution in [2.75, 3.05) is 6.61 Å². The number of aliphatic hydroxyl groups excluding tert-OH is 1. The zero-order chi connectivity index (χ0) is 25.0. The first-order valence-electron chi connectivity index (χ1n) is 9.07. The van der Waals surface area contributed by atoms with Crippen LogP contribution in [0.4, 0.5) is 0 Å². The number of aliphatic carboxylic acids is 2. The molecular weight excluding hydrogens is 436 g/mol. The van der Waals surface area contributed by atoms with E-state index in [9.17, 15) is 38.7 Å². The van der Waals surface area contributed by atoms with Crippen molar-refractivity contribution in [3.05, 3.63) is 0 Å². The zero-order valence-electron chi connectivity index (χ0n) is 16.8. The van der Waals surface area contributed by atoms with E-state index in [-0.39, 0.29) is 6.42 Å². The number of hydrogen-bond donors (Lipinski definition) is 9. The van der Waals surface area contributed by atoms with Gasteiger partial charge in [0, 0.05) is 6.42 Å². The van der Waals surface area contributed by atoms with Crippen LogP contribution in [0.25, 0.3) is 0 Å². The number of nitrogens with one attached hydrogen (secondary N) is 3. The van der Waals surface area contributed by atoms with Crippen molar-refractivity contribution in [3.8, 4) is 0 Å². The lowest BCUT2D eigenvalue weighted by Gasteiger charge is -2.24. The Morgan fingerprint density at radius 3 is 1.66 bits per heavy atom. The first kappa shape index (κ1) is 28.2. The average Bonchev–Trinajstić information content (AvgIpc) is 2.66. The highest BCUT2D eigenvalue weighted by Gasteiger charge is 2.31. The van der Waals surface area contributed by atoms with Crippen LogP contribution in [0.1, 0.15) is 25.7 Å². The van der Waals surface area contributed by atoms with E-state index < -0.39 is 91.5 Å². The van der Waals surface area contributed by atoms with E-state index in [0.29, 0.717) is 0 Å². The molecule has 4 atom stereocenters. The van der Waals surface area contributed by atoms with Crippen LogP contribution in [0, 0.1) is 0 Å². The molecular formula is C16H26N6O10. The van der Waals surface area contributed by atoms with Gasteiger partial charge in [-0.3, -0.25) is 28.8 Å². The summed E-state index contributed by atoms with van der Waals surface area (Å²) in [6.45, 7) is -0.971. The maximum atomic E-state index is 12.4. The average molecular weight is 462 g/mol. The second kappa shape index (κ2) is 13.5. The summed E-state index contributed by atoms with van der Waals surface area (Å²) < 4.78 is 0. The Kier molecular flexibility index (Phi) is 11.9. The minimum atomic E-state index is -1.73. The molecule has 0 heterocycles. The lowest BCUT2D eigenvalue weighted by atomic mass is 10.1. The van der Waals surface area contributed by atoms with Gasteiger partial charge < -0.3 is 48.5 Å². The summed E-state index contributed by atoms with van der Waals surface area (Å²) in [5.74, 6) is -8.18. The topological polar surface area (TPSA) is 294 Å². The summed E-state index contributed by atoms with van der Waals surface area (Å²) in [6.07, 6.45) is -2.31. The minimum absolute atomic E-state index is 0.388.